The zero-order valence-corrected chi connectivity index (χ0v) is 10.1. The van der Waals surface area contributed by atoms with Crippen LogP contribution in [0.5, 0.6) is 0 Å². The maximum atomic E-state index is 12.1. The van der Waals surface area contributed by atoms with E-state index in [0.717, 1.165) is 24.1 Å². The van der Waals surface area contributed by atoms with Gasteiger partial charge in [0, 0.05) is 11.9 Å². The minimum Gasteiger partial charge on any atom is -0.339 e. The highest BCUT2D eigenvalue weighted by Crippen LogP contribution is 2.41. The van der Waals surface area contributed by atoms with E-state index >= 15 is 0 Å². The molecule has 0 saturated heterocycles. The lowest BCUT2D eigenvalue weighted by molar-refractivity contribution is -0.142. The summed E-state index contributed by atoms with van der Waals surface area (Å²) in [4.78, 5) is 14.9. The lowest BCUT2D eigenvalue weighted by Gasteiger charge is -2.36. The maximum Gasteiger partial charge on any atom is 0.243 e. The van der Waals surface area contributed by atoms with Crippen LogP contribution in [0.1, 0.15) is 24.1 Å². The van der Waals surface area contributed by atoms with Gasteiger partial charge in [0.2, 0.25) is 5.91 Å². The highest BCUT2D eigenvalue weighted by Gasteiger charge is 2.46. The first-order chi connectivity index (χ1) is 7.68. The van der Waals surface area contributed by atoms with Gasteiger partial charge in [0.1, 0.15) is 5.41 Å². The summed E-state index contributed by atoms with van der Waals surface area (Å²) >= 11 is 1.64. The summed E-state index contributed by atoms with van der Waals surface area (Å²) in [6.45, 7) is 0.611. The van der Waals surface area contributed by atoms with Gasteiger partial charge in [-0.2, -0.15) is 5.26 Å². The normalized spacial score (nSPS) is 17.2. The molecular weight excluding hydrogens is 220 g/mol. The molecule has 1 aromatic rings. The highest BCUT2D eigenvalue weighted by atomic mass is 32.1. The van der Waals surface area contributed by atoms with E-state index in [4.69, 9.17) is 5.26 Å². The zero-order valence-electron chi connectivity index (χ0n) is 9.27. The molecule has 0 radical (unpaired) electrons. The van der Waals surface area contributed by atoms with Crippen molar-refractivity contribution in [3.8, 4) is 6.07 Å². The molecule has 3 nitrogen and oxygen atoms in total. The van der Waals surface area contributed by atoms with Gasteiger partial charge in [0.05, 0.1) is 12.6 Å². The van der Waals surface area contributed by atoms with Crippen molar-refractivity contribution in [2.75, 3.05) is 7.05 Å². The smallest absolute Gasteiger partial charge is 0.243 e. The lowest BCUT2D eigenvalue weighted by atomic mass is 9.69. The Labute approximate surface area is 99.3 Å². The SMILES string of the molecule is CN(Cc1cccs1)C(=O)C1(C#N)CCC1. The molecule has 4 heteroatoms. The first-order valence-corrected chi connectivity index (χ1v) is 6.25. The summed E-state index contributed by atoms with van der Waals surface area (Å²) in [5, 5.41) is 11.1. The van der Waals surface area contributed by atoms with E-state index in [1.54, 1.807) is 23.3 Å². The van der Waals surface area contributed by atoms with Crippen molar-refractivity contribution in [3.05, 3.63) is 22.4 Å². The fourth-order valence-corrected chi connectivity index (χ4v) is 2.73. The van der Waals surface area contributed by atoms with E-state index in [1.807, 2.05) is 17.5 Å². The number of carbonyl (C=O) groups is 1. The standard InChI is InChI=1S/C12H14N2OS/c1-14(8-10-4-2-7-16-10)11(15)12(9-13)5-3-6-12/h2,4,7H,3,5-6,8H2,1H3. The number of thiophene rings is 1. The lowest BCUT2D eigenvalue weighted by Crippen LogP contribution is -2.45. The zero-order chi connectivity index (χ0) is 11.6. The molecule has 0 atom stereocenters. The molecule has 1 aliphatic carbocycles. The van der Waals surface area contributed by atoms with Gasteiger partial charge in [-0.1, -0.05) is 6.07 Å². The third-order valence-electron chi connectivity index (χ3n) is 3.15. The fraction of sp³-hybridized carbons (Fsp3) is 0.500. The number of hydrogen-bond acceptors (Lipinski definition) is 3. The van der Waals surface area contributed by atoms with Crippen LogP contribution in [0.3, 0.4) is 0 Å². The molecule has 1 aromatic heterocycles. The molecule has 1 amide bonds. The van der Waals surface area contributed by atoms with E-state index in [2.05, 4.69) is 6.07 Å². The average Bonchev–Trinajstić information content (AvgIpc) is 2.69. The topological polar surface area (TPSA) is 44.1 Å². The predicted octanol–water partition coefficient (Wildman–Crippen LogP) is 2.40. The highest BCUT2D eigenvalue weighted by molar-refractivity contribution is 7.09. The van der Waals surface area contributed by atoms with E-state index in [9.17, 15) is 4.79 Å². The molecule has 0 aliphatic heterocycles. The molecule has 16 heavy (non-hydrogen) atoms. The van der Waals surface area contributed by atoms with Gasteiger partial charge in [0.15, 0.2) is 0 Å². The monoisotopic (exact) mass is 234 g/mol. The van der Waals surface area contributed by atoms with Gasteiger partial charge in [-0.3, -0.25) is 4.79 Å². The molecule has 0 bridgehead atoms. The van der Waals surface area contributed by atoms with Crippen LogP contribution in [0, 0.1) is 16.7 Å². The maximum absolute atomic E-state index is 12.1. The summed E-state index contributed by atoms with van der Waals surface area (Å²) < 4.78 is 0. The van der Waals surface area contributed by atoms with E-state index in [1.165, 1.54) is 0 Å². The third-order valence-corrected chi connectivity index (χ3v) is 4.01. The van der Waals surface area contributed by atoms with Crippen LogP contribution in [-0.4, -0.2) is 17.9 Å². The molecule has 1 aliphatic rings. The Morgan fingerprint density at radius 3 is 2.88 bits per heavy atom. The van der Waals surface area contributed by atoms with Crippen molar-refractivity contribution in [2.45, 2.75) is 25.8 Å². The predicted molar refractivity (Wildman–Crippen MR) is 62.7 cm³/mol. The minimum absolute atomic E-state index is 0.0188. The second-order valence-corrected chi connectivity index (χ2v) is 5.32. The molecule has 84 valence electrons. The second kappa shape index (κ2) is 4.26. The first-order valence-electron chi connectivity index (χ1n) is 5.37. The number of hydrogen-bond donors (Lipinski definition) is 0. The molecule has 0 unspecified atom stereocenters. The first kappa shape index (κ1) is 11.2. The summed E-state index contributed by atoms with van der Waals surface area (Å²) in [7, 11) is 1.78. The number of nitriles is 1. The van der Waals surface area contributed by atoms with Crippen molar-refractivity contribution < 1.29 is 4.79 Å². The van der Waals surface area contributed by atoms with Gasteiger partial charge in [-0.05, 0) is 30.7 Å². The van der Waals surface area contributed by atoms with Crippen LogP contribution in [0.2, 0.25) is 0 Å². The number of nitrogens with zero attached hydrogens (tertiary/aromatic N) is 2. The van der Waals surface area contributed by atoms with E-state index in [0.29, 0.717) is 6.54 Å². The number of carbonyl (C=O) groups excluding carboxylic acids is 1. The summed E-state index contributed by atoms with van der Waals surface area (Å²) in [5.41, 5.74) is -0.716. The number of amides is 1. The summed E-state index contributed by atoms with van der Waals surface area (Å²) in [6.07, 6.45) is 2.43. The minimum atomic E-state index is -0.716. The van der Waals surface area contributed by atoms with Crippen LogP contribution in [0.15, 0.2) is 17.5 Å². The molecule has 2 rings (SSSR count). The van der Waals surface area contributed by atoms with Crippen molar-refractivity contribution in [1.82, 2.24) is 4.90 Å². The van der Waals surface area contributed by atoms with Crippen molar-refractivity contribution in [2.24, 2.45) is 5.41 Å². The van der Waals surface area contributed by atoms with Gasteiger partial charge in [0.25, 0.3) is 0 Å². The average molecular weight is 234 g/mol. The summed E-state index contributed by atoms with van der Waals surface area (Å²) in [6, 6.07) is 6.17. The van der Waals surface area contributed by atoms with Crippen molar-refractivity contribution >= 4 is 17.2 Å². The largest absolute Gasteiger partial charge is 0.339 e. The Hall–Kier alpha value is -1.34. The Morgan fingerprint density at radius 1 is 1.69 bits per heavy atom. The van der Waals surface area contributed by atoms with E-state index in [-0.39, 0.29) is 5.91 Å². The van der Waals surface area contributed by atoms with Crippen LogP contribution in [0.4, 0.5) is 0 Å². The van der Waals surface area contributed by atoms with Crippen LogP contribution < -0.4 is 0 Å². The van der Waals surface area contributed by atoms with Crippen LogP contribution in [0.25, 0.3) is 0 Å². The Bertz CT molecular complexity index is 415. The van der Waals surface area contributed by atoms with Gasteiger partial charge >= 0.3 is 0 Å². The second-order valence-electron chi connectivity index (χ2n) is 4.29. The Kier molecular flexibility index (Phi) is 2.97. The van der Waals surface area contributed by atoms with Crippen LogP contribution in [-0.2, 0) is 11.3 Å². The van der Waals surface area contributed by atoms with Crippen molar-refractivity contribution in [1.29, 1.82) is 5.26 Å². The third kappa shape index (κ3) is 1.83. The quantitative estimate of drug-likeness (QED) is 0.806. The Balaban J connectivity index is 2.02. The van der Waals surface area contributed by atoms with Gasteiger partial charge in [-0.15, -0.1) is 11.3 Å². The molecule has 0 N–H and O–H groups in total. The Morgan fingerprint density at radius 2 is 2.44 bits per heavy atom. The summed E-state index contributed by atoms with van der Waals surface area (Å²) in [5.74, 6) is -0.0188. The van der Waals surface area contributed by atoms with E-state index < -0.39 is 5.41 Å². The number of rotatable bonds is 3. The van der Waals surface area contributed by atoms with Crippen LogP contribution >= 0.6 is 11.3 Å². The molecule has 1 saturated carbocycles. The fourth-order valence-electron chi connectivity index (χ4n) is 1.98. The van der Waals surface area contributed by atoms with Crippen molar-refractivity contribution in [3.63, 3.8) is 0 Å². The van der Waals surface area contributed by atoms with Gasteiger partial charge in [-0.25, -0.2) is 0 Å². The molecule has 1 fully saturated rings. The molecular formula is C12H14N2OS. The molecule has 0 aromatic carbocycles. The van der Waals surface area contributed by atoms with Gasteiger partial charge < -0.3 is 4.90 Å². The molecule has 1 heterocycles. The molecule has 0 spiro atoms.